The van der Waals surface area contributed by atoms with Gasteiger partial charge in [-0.2, -0.15) is 0 Å². The van der Waals surface area contributed by atoms with Crippen molar-refractivity contribution in [2.45, 2.75) is 26.8 Å². The van der Waals surface area contributed by atoms with Crippen molar-refractivity contribution in [2.75, 3.05) is 26.2 Å². The van der Waals surface area contributed by atoms with Gasteiger partial charge in [-0.3, -0.25) is 14.5 Å². The molecule has 0 bridgehead atoms. The summed E-state index contributed by atoms with van der Waals surface area (Å²) in [6.45, 7) is 10.8. The van der Waals surface area contributed by atoms with Crippen LogP contribution < -0.4 is 10.6 Å². The number of urea groups is 1. The molecule has 7 heteroatoms. The molecule has 2 aliphatic rings. The highest BCUT2D eigenvalue weighted by molar-refractivity contribution is 6.03. The molecule has 2 heterocycles. The first kappa shape index (κ1) is 20.6. The van der Waals surface area contributed by atoms with Crippen LogP contribution in [0.5, 0.6) is 0 Å². The van der Waals surface area contributed by atoms with E-state index in [1.807, 2.05) is 45.0 Å². The van der Waals surface area contributed by atoms with Crippen LogP contribution in [0.4, 0.5) is 4.79 Å². The van der Waals surface area contributed by atoms with Crippen LogP contribution in [0.15, 0.2) is 48.2 Å². The lowest BCUT2D eigenvalue weighted by molar-refractivity contribution is -0.132. The van der Waals surface area contributed by atoms with Crippen molar-refractivity contribution in [1.29, 1.82) is 0 Å². The molecule has 0 fully saturated rings. The van der Waals surface area contributed by atoms with Gasteiger partial charge in [-0.15, -0.1) is 6.58 Å². The lowest BCUT2D eigenvalue weighted by Crippen LogP contribution is -2.47. The topological polar surface area (TPSA) is 81.8 Å². The summed E-state index contributed by atoms with van der Waals surface area (Å²) in [5.41, 5.74) is 3.06. The Hall–Kier alpha value is -3.09. The van der Waals surface area contributed by atoms with Crippen LogP contribution in [0.3, 0.4) is 0 Å². The van der Waals surface area contributed by atoms with Crippen LogP contribution >= 0.6 is 0 Å². The Morgan fingerprint density at radius 1 is 1.38 bits per heavy atom. The summed E-state index contributed by atoms with van der Waals surface area (Å²) in [6.07, 6.45) is 1.62. The molecule has 7 nitrogen and oxygen atoms in total. The summed E-state index contributed by atoms with van der Waals surface area (Å²) in [4.78, 5) is 41.3. The fraction of sp³-hybridized carbons (Fsp3) is 0.409. The van der Waals surface area contributed by atoms with Crippen LogP contribution in [-0.2, 0) is 9.59 Å². The number of rotatable bonds is 7. The monoisotopic (exact) mass is 396 g/mol. The summed E-state index contributed by atoms with van der Waals surface area (Å²) in [6, 6.07) is 6.93. The van der Waals surface area contributed by atoms with Gasteiger partial charge in [0, 0.05) is 13.1 Å². The summed E-state index contributed by atoms with van der Waals surface area (Å²) >= 11 is 0. The van der Waals surface area contributed by atoms with Crippen molar-refractivity contribution in [3.05, 3.63) is 59.3 Å². The zero-order valence-corrected chi connectivity index (χ0v) is 17.2. The van der Waals surface area contributed by atoms with E-state index in [1.54, 1.807) is 6.08 Å². The third kappa shape index (κ3) is 4.34. The van der Waals surface area contributed by atoms with Crippen molar-refractivity contribution in [3.8, 4) is 0 Å². The van der Waals surface area contributed by atoms with E-state index in [-0.39, 0.29) is 30.9 Å². The second-order valence-electron chi connectivity index (χ2n) is 7.92. The molecule has 29 heavy (non-hydrogen) atoms. The summed E-state index contributed by atoms with van der Waals surface area (Å²) in [5, 5.41) is 5.79. The molecule has 2 aliphatic heterocycles. The van der Waals surface area contributed by atoms with Gasteiger partial charge in [0.15, 0.2) is 0 Å². The second kappa shape index (κ2) is 8.51. The zero-order chi connectivity index (χ0) is 21.1. The molecule has 2 N–H and O–H groups in total. The third-order valence-corrected chi connectivity index (χ3v) is 5.03. The first-order chi connectivity index (χ1) is 13.8. The molecule has 1 aromatic rings. The Balaban J connectivity index is 1.89. The number of benzene rings is 1. The minimum atomic E-state index is -0.533. The average Bonchev–Trinajstić information content (AvgIpc) is 2.98. The number of nitrogens with one attached hydrogen (secondary N) is 2. The summed E-state index contributed by atoms with van der Waals surface area (Å²) < 4.78 is 0. The molecular formula is C22H28N4O3. The highest BCUT2D eigenvalue weighted by atomic mass is 16.2. The Labute approximate surface area is 171 Å². The molecule has 1 unspecified atom stereocenters. The van der Waals surface area contributed by atoms with Crippen LogP contribution in [0.1, 0.15) is 31.0 Å². The highest BCUT2D eigenvalue weighted by Crippen LogP contribution is 2.36. The number of nitrogens with zero attached hydrogens (tertiary/aromatic N) is 2. The molecular weight excluding hydrogens is 368 g/mol. The standard InChI is InChI=1S/C22H28N4O3/c1-5-9-26-17-12-25(13-18(27)23-11-14(2)3)21(28)19(17)20(24-22(26)29)16-8-6-7-15(4)10-16/h5-8,10,14,20H,1,9,11-13H2,2-4H3,(H,23,27)(H,24,29). The van der Waals surface area contributed by atoms with Gasteiger partial charge in [-0.05, 0) is 18.4 Å². The maximum atomic E-state index is 13.2. The molecule has 4 amide bonds. The van der Waals surface area contributed by atoms with E-state index < -0.39 is 6.04 Å². The molecule has 0 aliphatic carbocycles. The molecule has 3 rings (SSSR count). The van der Waals surface area contributed by atoms with Crippen molar-refractivity contribution in [3.63, 3.8) is 0 Å². The smallest absolute Gasteiger partial charge is 0.322 e. The number of carbonyl (C=O) groups is 3. The Morgan fingerprint density at radius 2 is 2.14 bits per heavy atom. The van der Waals surface area contributed by atoms with E-state index in [0.29, 0.717) is 30.3 Å². The molecule has 0 spiro atoms. The Morgan fingerprint density at radius 3 is 2.79 bits per heavy atom. The number of hydrogen-bond donors (Lipinski definition) is 2. The number of carbonyl (C=O) groups excluding carboxylic acids is 3. The van der Waals surface area contributed by atoms with Crippen molar-refractivity contribution >= 4 is 17.8 Å². The van der Waals surface area contributed by atoms with Crippen molar-refractivity contribution in [1.82, 2.24) is 20.4 Å². The molecule has 1 atom stereocenters. The number of amides is 4. The van der Waals surface area contributed by atoms with Crippen molar-refractivity contribution < 1.29 is 14.4 Å². The van der Waals surface area contributed by atoms with E-state index >= 15 is 0 Å². The normalized spacial score (nSPS) is 18.8. The minimum Gasteiger partial charge on any atom is -0.354 e. The third-order valence-electron chi connectivity index (χ3n) is 5.03. The number of hydrogen-bond acceptors (Lipinski definition) is 3. The Bertz CT molecular complexity index is 875. The first-order valence-corrected chi connectivity index (χ1v) is 9.86. The maximum absolute atomic E-state index is 13.2. The average molecular weight is 396 g/mol. The van der Waals surface area contributed by atoms with Gasteiger partial charge in [0.25, 0.3) is 5.91 Å². The number of aryl methyl sites for hydroxylation is 1. The minimum absolute atomic E-state index is 0.0325. The van der Waals surface area contributed by atoms with Crippen molar-refractivity contribution in [2.24, 2.45) is 5.92 Å². The SMILES string of the molecule is C=CCN1C(=O)NC(c2cccc(C)c2)C2=C1CN(CC(=O)NCC(C)C)C2=O. The summed E-state index contributed by atoms with van der Waals surface area (Å²) in [5.74, 6) is -0.0935. The second-order valence-corrected chi connectivity index (χ2v) is 7.92. The lowest BCUT2D eigenvalue weighted by Gasteiger charge is -2.33. The van der Waals surface area contributed by atoms with Crippen LogP contribution in [-0.4, -0.2) is 53.8 Å². The van der Waals surface area contributed by atoms with Gasteiger partial charge in [-0.25, -0.2) is 4.79 Å². The van der Waals surface area contributed by atoms with E-state index in [1.165, 1.54) is 9.80 Å². The van der Waals surface area contributed by atoms with Crippen LogP contribution in [0.2, 0.25) is 0 Å². The van der Waals surface area contributed by atoms with Gasteiger partial charge in [0.05, 0.1) is 23.9 Å². The first-order valence-electron chi connectivity index (χ1n) is 9.86. The lowest BCUT2D eigenvalue weighted by atomic mass is 9.94. The van der Waals surface area contributed by atoms with Gasteiger partial charge < -0.3 is 15.5 Å². The van der Waals surface area contributed by atoms with Gasteiger partial charge in [0.1, 0.15) is 6.54 Å². The molecule has 0 aromatic heterocycles. The quantitative estimate of drug-likeness (QED) is 0.693. The van der Waals surface area contributed by atoms with E-state index in [2.05, 4.69) is 17.2 Å². The highest BCUT2D eigenvalue weighted by Gasteiger charge is 2.44. The predicted octanol–water partition coefficient (Wildman–Crippen LogP) is 2.12. The zero-order valence-electron chi connectivity index (χ0n) is 17.2. The van der Waals surface area contributed by atoms with Gasteiger partial charge in [-0.1, -0.05) is 49.8 Å². The van der Waals surface area contributed by atoms with E-state index in [9.17, 15) is 14.4 Å². The maximum Gasteiger partial charge on any atom is 0.322 e. The largest absolute Gasteiger partial charge is 0.354 e. The van der Waals surface area contributed by atoms with E-state index in [0.717, 1.165) is 11.1 Å². The van der Waals surface area contributed by atoms with Gasteiger partial charge >= 0.3 is 6.03 Å². The molecule has 0 radical (unpaired) electrons. The fourth-order valence-corrected chi connectivity index (χ4v) is 3.65. The van der Waals surface area contributed by atoms with Crippen LogP contribution in [0, 0.1) is 12.8 Å². The van der Waals surface area contributed by atoms with Gasteiger partial charge in [0.2, 0.25) is 5.91 Å². The molecule has 154 valence electrons. The predicted molar refractivity (Wildman–Crippen MR) is 111 cm³/mol. The molecule has 1 aromatic carbocycles. The summed E-state index contributed by atoms with van der Waals surface area (Å²) in [7, 11) is 0. The fourth-order valence-electron chi connectivity index (χ4n) is 3.65. The Kier molecular flexibility index (Phi) is 6.06. The van der Waals surface area contributed by atoms with Crippen LogP contribution in [0.25, 0.3) is 0 Å². The van der Waals surface area contributed by atoms with E-state index in [4.69, 9.17) is 0 Å². The molecule has 0 saturated carbocycles. The molecule has 0 saturated heterocycles.